The average molecular weight is 477 g/mol. The summed E-state index contributed by atoms with van der Waals surface area (Å²) in [5, 5.41) is 12.1. The van der Waals surface area contributed by atoms with Gasteiger partial charge >= 0.3 is 0 Å². The van der Waals surface area contributed by atoms with Crippen LogP contribution in [0.25, 0.3) is 11.3 Å². The van der Waals surface area contributed by atoms with Crippen molar-refractivity contribution in [1.82, 2.24) is 14.9 Å². The van der Waals surface area contributed by atoms with Crippen LogP contribution in [0, 0.1) is 0 Å². The molecule has 6 nitrogen and oxygen atoms in total. The van der Waals surface area contributed by atoms with Crippen molar-refractivity contribution in [2.45, 2.75) is 68.7 Å². The molecule has 0 radical (unpaired) electrons. The third-order valence-corrected chi connectivity index (χ3v) is 8.48. The number of aryl methyl sites for hydroxylation is 2. The van der Waals surface area contributed by atoms with Crippen LogP contribution < -0.4 is 10.0 Å². The Kier molecular flexibility index (Phi) is 6.92. The molecule has 1 heterocycles. The summed E-state index contributed by atoms with van der Waals surface area (Å²) in [4.78, 5) is 0.333. The second-order valence-electron chi connectivity index (χ2n) is 9.42. The predicted octanol–water partition coefficient (Wildman–Crippen LogP) is 4.90. The Morgan fingerprint density at radius 1 is 0.824 bits per heavy atom. The van der Waals surface area contributed by atoms with Gasteiger partial charge in [-0.2, -0.15) is 0 Å². The third-order valence-electron chi connectivity index (χ3n) is 6.94. The number of aromatic nitrogens is 2. The summed E-state index contributed by atoms with van der Waals surface area (Å²) in [6, 6.07) is 17.9. The van der Waals surface area contributed by atoms with Crippen LogP contribution in [0.4, 0.5) is 5.82 Å². The van der Waals surface area contributed by atoms with Gasteiger partial charge in [0.05, 0.1) is 10.6 Å². The highest BCUT2D eigenvalue weighted by Crippen LogP contribution is 2.26. The van der Waals surface area contributed by atoms with E-state index in [1.165, 1.54) is 30.4 Å². The van der Waals surface area contributed by atoms with Crippen LogP contribution in [0.15, 0.2) is 59.5 Å². The first-order chi connectivity index (χ1) is 16.6. The van der Waals surface area contributed by atoms with Gasteiger partial charge in [-0.05, 0) is 92.0 Å². The second kappa shape index (κ2) is 10.2. The molecule has 0 aliphatic heterocycles. The van der Waals surface area contributed by atoms with Crippen molar-refractivity contribution in [3.05, 3.63) is 71.3 Å². The topological polar surface area (TPSA) is 84.0 Å². The smallest absolute Gasteiger partial charge is 0.240 e. The molecular weight excluding hydrogens is 444 g/mol. The van der Waals surface area contributed by atoms with Crippen molar-refractivity contribution in [3.63, 3.8) is 0 Å². The van der Waals surface area contributed by atoms with Crippen LogP contribution in [0.3, 0.4) is 0 Å². The summed E-state index contributed by atoms with van der Waals surface area (Å²) in [5.74, 6) is 0.738. The van der Waals surface area contributed by atoms with Crippen LogP contribution in [-0.2, 0) is 29.3 Å². The molecule has 2 N–H and O–H groups in total. The fraction of sp³-hybridized carbons (Fsp3) is 0.407. The molecule has 0 amide bonds. The number of hydrogen-bond acceptors (Lipinski definition) is 5. The van der Waals surface area contributed by atoms with Crippen molar-refractivity contribution in [2.75, 3.05) is 11.9 Å². The summed E-state index contributed by atoms with van der Waals surface area (Å²) < 4.78 is 28.0. The first-order valence-corrected chi connectivity index (χ1v) is 13.9. The summed E-state index contributed by atoms with van der Waals surface area (Å²) in [7, 11) is -3.44. The minimum atomic E-state index is -3.44. The molecule has 34 heavy (non-hydrogen) atoms. The lowest BCUT2D eigenvalue weighted by molar-refractivity contribution is 0.552. The lowest BCUT2D eigenvalue weighted by Gasteiger charge is -2.16. The van der Waals surface area contributed by atoms with E-state index in [-0.39, 0.29) is 6.04 Å². The van der Waals surface area contributed by atoms with Crippen molar-refractivity contribution in [1.29, 1.82) is 0 Å². The largest absolute Gasteiger partial charge is 0.368 e. The zero-order chi connectivity index (χ0) is 23.4. The number of nitrogens with zero attached hydrogens (tertiary/aromatic N) is 2. The number of sulfonamides is 1. The van der Waals surface area contributed by atoms with E-state index in [1.54, 1.807) is 12.1 Å². The monoisotopic (exact) mass is 476 g/mol. The van der Waals surface area contributed by atoms with E-state index in [9.17, 15) is 8.42 Å². The maximum atomic E-state index is 12.6. The molecule has 2 aromatic carbocycles. The Balaban J connectivity index is 1.14. The lowest BCUT2D eigenvalue weighted by atomic mass is 9.90. The normalized spacial score (nSPS) is 16.4. The van der Waals surface area contributed by atoms with Crippen molar-refractivity contribution >= 4 is 15.8 Å². The zero-order valence-electron chi connectivity index (χ0n) is 19.5. The van der Waals surface area contributed by atoms with Gasteiger partial charge in [-0.1, -0.05) is 37.1 Å². The van der Waals surface area contributed by atoms with Crippen molar-refractivity contribution in [2.24, 2.45) is 0 Å². The molecule has 1 fully saturated rings. The number of hydrogen-bond donors (Lipinski definition) is 2. The van der Waals surface area contributed by atoms with Gasteiger partial charge in [0.25, 0.3) is 0 Å². The van der Waals surface area contributed by atoms with E-state index in [0.29, 0.717) is 11.4 Å². The van der Waals surface area contributed by atoms with Crippen LogP contribution in [0.2, 0.25) is 0 Å². The molecule has 1 saturated carbocycles. The van der Waals surface area contributed by atoms with Crippen molar-refractivity contribution < 1.29 is 8.42 Å². The van der Waals surface area contributed by atoms with E-state index >= 15 is 0 Å². The van der Waals surface area contributed by atoms with Crippen LogP contribution in [0.5, 0.6) is 0 Å². The van der Waals surface area contributed by atoms with Gasteiger partial charge in [-0.25, -0.2) is 13.1 Å². The van der Waals surface area contributed by atoms with Crippen LogP contribution >= 0.6 is 0 Å². The highest BCUT2D eigenvalue weighted by Gasteiger charge is 2.22. The minimum absolute atomic E-state index is 0.0774. The highest BCUT2D eigenvalue weighted by atomic mass is 32.2. The van der Waals surface area contributed by atoms with Crippen LogP contribution in [0.1, 0.15) is 55.2 Å². The number of fused-ring (bicyclic) bond motifs is 1. The minimum Gasteiger partial charge on any atom is -0.368 e. The van der Waals surface area contributed by atoms with E-state index in [2.05, 4.69) is 38.4 Å². The Morgan fingerprint density at radius 3 is 2.32 bits per heavy atom. The third kappa shape index (κ3) is 5.47. The molecule has 0 atom stereocenters. The zero-order valence-corrected chi connectivity index (χ0v) is 20.3. The fourth-order valence-electron chi connectivity index (χ4n) is 4.97. The number of rotatable bonds is 8. The Labute approximate surface area is 202 Å². The summed E-state index contributed by atoms with van der Waals surface area (Å²) in [6.07, 6.45) is 9.71. The highest BCUT2D eigenvalue weighted by molar-refractivity contribution is 7.89. The number of benzene rings is 2. The Hall–Kier alpha value is -2.77. The Morgan fingerprint density at radius 2 is 1.59 bits per heavy atom. The molecule has 0 saturated heterocycles. The molecule has 2 aliphatic carbocycles. The first kappa shape index (κ1) is 23.0. The molecule has 178 valence electrons. The maximum absolute atomic E-state index is 12.6. The lowest BCUT2D eigenvalue weighted by Crippen LogP contribution is -2.32. The predicted molar refractivity (Wildman–Crippen MR) is 135 cm³/mol. The van der Waals surface area contributed by atoms with Gasteiger partial charge in [0.2, 0.25) is 10.0 Å². The molecule has 5 rings (SSSR count). The van der Waals surface area contributed by atoms with E-state index in [4.69, 9.17) is 0 Å². The Bertz CT molecular complexity index is 1220. The molecule has 1 aromatic heterocycles. The molecule has 2 aliphatic rings. The van der Waals surface area contributed by atoms with Gasteiger partial charge in [0.15, 0.2) is 0 Å². The SMILES string of the molecule is O=S(=O)(NC1CCCC1)c1ccc(CCNc2ccc(-c3ccc4c(c3)CCCC4)nn2)cc1. The van der Waals surface area contributed by atoms with E-state index < -0.39 is 10.0 Å². The summed E-state index contributed by atoms with van der Waals surface area (Å²) in [6.45, 7) is 0.694. The average Bonchev–Trinajstić information content (AvgIpc) is 3.37. The molecule has 3 aromatic rings. The van der Waals surface area contributed by atoms with Gasteiger partial charge in [-0.15, -0.1) is 10.2 Å². The molecule has 0 bridgehead atoms. The quantitative estimate of drug-likeness (QED) is 0.483. The molecule has 0 spiro atoms. The maximum Gasteiger partial charge on any atom is 0.240 e. The van der Waals surface area contributed by atoms with E-state index in [1.807, 2.05) is 24.3 Å². The summed E-state index contributed by atoms with van der Waals surface area (Å²) >= 11 is 0. The summed E-state index contributed by atoms with van der Waals surface area (Å²) in [5.41, 5.74) is 6.00. The number of anilines is 1. The number of nitrogens with one attached hydrogen (secondary N) is 2. The molecular formula is C27H32N4O2S. The van der Waals surface area contributed by atoms with Crippen LogP contribution in [-0.4, -0.2) is 31.2 Å². The standard InChI is InChI=1S/C27H32N4O2S/c32-34(33,31-24-7-3-4-8-24)25-13-9-20(10-14-25)17-18-28-27-16-15-26(29-30-27)23-12-11-21-5-1-2-6-22(21)19-23/h9-16,19,24,31H,1-8,17-18H2,(H,28,30). The van der Waals surface area contributed by atoms with Gasteiger partial charge in [-0.3, -0.25) is 0 Å². The fourth-order valence-corrected chi connectivity index (χ4v) is 6.28. The molecule has 7 heteroatoms. The van der Waals surface area contributed by atoms with E-state index in [0.717, 1.165) is 61.2 Å². The first-order valence-electron chi connectivity index (χ1n) is 12.4. The second-order valence-corrected chi connectivity index (χ2v) is 11.1. The van der Waals surface area contributed by atoms with Gasteiger partial charge < -0.3 is 5.32 Å². The van der Waals surface area contributed by atoms with Gasteiger partial charge in [0, 0.05) is 18.2 Å². The molecule has 0 unspecified atom stereocenters. The van der Waals surface area contributed by atoms with Gasteiger partial charge in [0.1, 0.15) is 5.82 Å². The van der Waals surface area contributed by atoms with Crippen molar-refractivity contribution in [3.8, 4) is 11.3 Å².